The number of carbonyl (C=O) groups is 2. The third-order valence-electron chi connectivity index (χ3n) is 6.33. The first kappa shape index (κ1) is 21.4. The summed E-state index contributed by atoms with van der Waals surface area (Å²) in [7, 11) is 0. The molecule has 2 amide bonds. The number of carbonyl (C=O) groups excluding carboxylic acids is 2. The van der Waals surface area contributed by atoms with Crippen LogP contribution in [0.3, 0.4) is 0 Å². The van der Waals surface area contributed by atoms with Gasteiger partial charge in [0.2, 0.25) is 5.91 Å². The van der Waals surface area contributed by atoms with Crippen molar-refractivity contribution in [1.82, 2.24) is 19.9 Å². The average Bonchev–Trinajstić information content (AvgIpc) is 3.52. The van der Waals surface area contributed by atoms with Gasteiger partial charge in [0, 0.05) is 31.6 Å². The van der Waals surface area contributed by atoms with Crippen molar-refractivity contribution in [2.45, 2.75) is 38.4 Å². The van der Waals surface area contributed by atoms with Gasteiger partial charge in [-0.2, -0.15) is 13.2 Å². The van der Waals surface area contributed by atoms with Crippen LogP contribution < -0.4 is 0 Å². The highest BCUT2D eigenvalue weighted by Gasteiger charge is 2.36. The van der Waals surface area contributed by atoms with E-state index in [1.165, 1.54) is 18.2 Å². The van der Waals surface area contributed by atoms with Gasteiger partial charge in [0.15, 0.2) is 0 Å². The maximum atomic E-state index is 13.5. The summed E-state index contributed by atoms with van der Waals surface area (Å²) in [5, 5.41) is 4.34. The molecular formula is C23H21F3N4O3. The minimum atomic E-state index is -4.50. The molecule has 2 aliphatic heterocycles. The zero-order valence-corrected chi connectivity index (χ0v) is 17.9. The van der Waals surface area contributed by atoms with E-state index in [0.29, 0.717) is 43.6 Å². The molecule has 5 rings (SSSR count). The standard InChI is InChI=1S/C23H21F3N4O3/c1-13-20-17(22(32)29-9-7-16(12-29)30-8-3-6-19(30)31)11-18(27-21(20)33-28-13)14-4-2-5-15(10-14)23(24,25)26/h2,4-5,10-11,16H,3,6-9,12H2,1H3. The number of hydrogen-bond acceptors (Lipinski definition) is 5. The van der Waals surface area contributed by atoms with Crippen LogP contribution in [0.4, 0.5) is 13.2 Å². The lowest BCUT2D eigenvalue weighted by atomic mass is 10.0. The van der Waals surface area contributed by atoms with E-state index in [9.17, 15) is 22.8 Å². The fraction of sp³-hybridized carbons (Fsp3) is 0.391. The Morgan fingerprint density at radius 3 is 2.76 bits per heavy atom. The van der Waals surface area contributed by atoms with Gasteiger partial charge in [-0.25, -0.2) is 4.98 Å². The zero-order valence-electron chi connectivity index (χ0n) is 17.9. The number of alkyl halides is 3. The normalized spacial score (nSPS) is 19.2. The first-order chi connectivity index (χ1) is 15.7. The van der Waals surface area contributed by atoms with Crippen molar-refractivity contribution < 1.29 is 27.3 Å². The number of pyridine rings is 1. The van der Waals surface area contributed by atoms with Crippen LogP contribution >= 0.6 is 0 Å². The Bertz CT molecular complexity index is 1250. The summed E-state index contributed by atoms with van der Waals surface area (Å²) in [5.74, 6) is -0.168. The van der Waals surface area contributed by atoms with Gasteiger partial charge in [-0.05, 0) is 38.0 Å². The molecule has 2 saturated heterocycles. The summed E-state index contributed by atoms with van der Waals surface area (Å²) in [6.07, 6.45) is -2.45. The molecule has 0 spiro atoms. The molecule has 1 unspecified atom stereocenters. The SMILES string of the molecule is Cc1noc2nc(-c3cccc(C(F)(F)F)c3)cc(C(=O)N3CCC(N4CCCC4=O)C3)c12. The number of hydrogen-bond donors (Lipinski definition) is 0. The lowest BCUT2D eigenvalue weighted by Crippen LogP contribution is -2.39. The topological polar surface area (TPSA) is 79.5 Å². The highest BCUT2D eigenvalue weighted by Crippen LogP contribution is 2.34. The van der Waals surface area contributed by atoms with Crippen LogP contribution in [0.15, 0.2) is 34.9 Å². The van der Waals surface area contributed by atoms with Crippen LogP contribution in [0, 0.1) is 6.92 Å². The van der Waals surface area contributed by atoms with Gasteiger partial charge >= 0.3 is 6.18 Å². The van der Waals surface area contributed by atoms with Crippen molar-refractivity contribution in [3.8, 4) is 11.3 Å². The second-order valence-corrected chi connectivity index (χ2v) is 8.47. The number of benzene rings is 1. The molecule has 172 valence electrons. The van der Waals surface area contributed by atoms with Crippen LogP contribution in [0.1, 0.15) is 40.9 Å². The molecule has 1 atom stereocenters. The van der Waals surface area contributed by atoms with E-state index in [2.05, 4.69) is 10.1 Å². The predicted octanol–water partition coefficient (Wildman–Crippen LogP) is 4.05. The molecule has 0 bridgehead atoms. The number of halogens is 3. The second kappa shape index (κ2) is 7.86. The first-order valence-corrected chi connectivity index (χ1v) is 10.8. The van der Waals surface area contributed by atoms with Crippen molar-refractivity contribution in [2.75, 3.05) is 19.6 Å². The number of aryl methyl sites for hydroxylation is 1. The maximum absolute atomic E-state index is 13.5. The van der Waals surface area contributed by atoms with Crippen LogP contribution in [-0.2, 0) is 11.0 Å². The monoisotopic (exact) mass is 458 g/mol. The molecule has 0 N–H and O–H groups in total. The van der Waals surface area contributed by atoms with Crippen LogP contribution in [0.2, 0.25) is 0 Å². The number of nitrogens with zero attached hydrogens (tertiary/aromatic N) is 4. The van der Waals surface area contributed by atoms with Crippen molar-refractivity contribution in [3.05, 3.63) is 47.2 Å². The molecule has 0 saturated carbocycles. The van der Waals surface area contributed by atoms with E-state index in [-0.39, 0.29) is 40.4 Å². The summed E-state index contributed by atoms with van der Waals surface area (Å²) in [5.41, 5.74) is 0.453. The minimum Gasteiger partial charge on any atom is -0.338 e. The van der Waals surface area contributed by atoms with Crippen LogP contribution in [0.25, 0.3) is 22.4 Å². The van der Waals surface area contributed by atoms with Gasteiger partial charge in [0.25, 0.3) is 11.6 Å². The summed E-state index contributed by atoms with van der Waals surface area (Å²) >= 11 is 0. The Morgan fingerprint density at radius 2 is 2.03 bits per heavy atom. The fourth-order valence-electron chi connectivity index (χ4n) is 4.67. The van der Waals surface area contributed by atoms with Gasteiger partial charge in [0.05, 0.1) is 33.9 Å². The third-order valence-corrected chi connectivity index (χ3v) is 6.33. The molecule has 0 aliphatic carbocycles. The summed E-state index contributed by atoms with van der Waals surface area (Å²) < 4.78 is 44.9. The lowest BCUT2D eigenvalue weighted by Gasteiger charge is -2.24. The minimum absolute atomic E-state index is 0.0206. The van der Waals surface area contributed by atoms with E-state index < -0.39 is 11.7 Å². The van der Waals surface area contributed by atoms with E-state index >= 15 is 0 Å². The molecule has 2 aliphatic rings. The number of amides is 2. The fourth-order valence-corrected chi connectivity index (χ4v) is 4.67. The van der Waals surface area contributed by atoms with Crippen molar-refractivity contribution in [1.29, 1.82) is 0 Å². The molecule has 3 aromatic rings. The Morgan fingerprint density at radius 1 is 1.21 bits per heavy atom. The molecule has 4 heterocycles. The van der Waals surface area contributed by atoms with Gasteiger partial charge in [0.1, 0.15) is 0 Å². The average molecular weight is 458 g/mol. The van der Waals surface area contributed by atoms with Gasteiger partial charge in [-0.15, -0.1) is 0 Å². The van der Waals surface area contributed by atoms with Crippen LogP contribution in [-0.4, -0.2) is 57.4 Å². The highest BCUT2D eigenvalue weighted by molar-refractivity contribution is 6.07. The first-order valence-electron chi connectivity index (χ1n) is 10.8. The number of rotatable bonds is 3. The molecule has 1 aromatic carbocycles. The van der Waals surface area contributed by atoms with Crippen molar-refractivity contribution in [3.63, 3.8) is 0 Å². The van der Waals surface area contributed by atoms with Crippen molar-refractivity contribution >= 4 is 22.9 Å². The van der Waals surface area contributed by atoms with E-state index in [0.717, 1.165) is 18.6 Å². The van der Waals surface area contributed by atoms with Gasteiger partial charge < -0.3 is 14.3 Å². The largest absolute Gasteiger partial charge is 0.416 e. The Hall–Kier alpha value is -3.43. The molecule has 2 fully saturated rings. The van der Waals surface area contributed by atoms with E-state index in [4.69, 9.17) is 4.52 Å². The summed E-state index contributed by atoms with van der Waals surface area (Å²) in [6.45, 7) is 3.29. The van der Waals surface area contributed by atoms with Crippen LogP contribution in [0.5, 0.6) is 0 Å². The third kappa shape index (κ3) is 3.83. The van der Waals surface area contributed by atoms with Gasteiger partial charge in [-0.3, -0.25) is 9.59 Å². The Balaban J connectivity index is 1.51. The molecule has 7 nitrogen and oxygen atoms in total. The van der Waals surface area contributed by atoms with Gasteiger partial charge in [-0.1, -0.05) is 17.3 Å². The Kier molecular flexibility index (Phi) is 5.10. The number of aromatic nitrogens is 2. The summed E-state index contributed by atoms with van der Waals surface area (Å²) in [6, 6.07) is 6.26. The van der Waals surface area contributed by atoms with Crippen molar-refractivity contribution in [2.24, 2.45) is 0 Å². The predicted molar refractivity (Wildman–Crippen MR) is 112 cm³/mol. The molecule has 0 radical (unpaired) electrons. The van der Waals surface area contributed by atoms with E-state index in [1.807, 2.05) is 4.90 Å². The highest BCUT2D eigenvalue weighted by atomic mass is 19.4. The molecule has 33 heavy (non-hydrogen) atoms. The summed E-state index contributed by atoms with van der Waals surface area (Å²) in [4.78, 5) is 33.5. The van der Waals surface area contributed by atoms with E-state index in [1.54, 1.807) is 11.8 Å². The molecule has 10 heteroatoms. The lowest BCUT2D eigenvalue weighted by molar-refractivity contribution is -0.137. The smallest absolute Gasteiger partial charge is 0.338 e. The molecular weight excluding hydrogens is 437 g/mol. The maximum Gasteiger partial charge on any atom is 0.416 e. The quantitative estimate of drug-likeness (QED) is 0.592. The Labute approximate surface area is 187 Å². The number of fused-ring (bicyclic) bond motifs is 1. The second-order valence-electron chi connectivity index (χ2n) is 8.47. The number of likely N-dealkylation sites (tertiary alicyclic amines) is 2. The zero-order chi connectivity index (χ0) is 23.3. The molecule has 2 aromatic heterocycles.